The van der Waals surface area contributed by atoms with Crippen LogP contribution < -0.4 is 4.74 Å². The molecule has 1 aliphatic rings. The molecule has 0 bridgehead atoms. The molecule has 3 aromatic carbocycles. The Morgan fingerprint density at radius 3 is 2.17 bits per heavy atom. The molecule has 4 heteroatoms. The van der Waals surface area contributed by atoms with Crippen LogP contribution in [0.5, 0.6) is 5.75 Å². The summed E-state index contributed by atoms with van der Waals surface area (Å²) in [6.45, 7) is 11.5. The van der Waals surface area contributed by atoms with Crippen molar-refractivity contribution in [3.05, 3.63) is 77.4 Å². The standard InChI is InChI=1S/C31H36O4/c1-7-34-29(32)25-19-28(35-20-33-6)24(21-11-9-8-10-12-21)18-23(25)22-13-14-26-27(17-22)31(4,5)16-15-30(26,2)3/h8-14,17-19H,7,15-16,20H2,1-6H3. The van der Waals surface area contributed by atoms with Crippen molar-refractivity contribution in [1.82, 2.24) is 0 Å². The van der Waals surface area contributed by atoms with Crippen LogP contribution >= 0.6 is 0 Å². The van der Waals surface area contributed by atoms with Gasteiger partial charge in [0, 0.05) is 12.7 Å². The predicted molar refractivity (Wildman–Crippen MR) is 141 cm³/mol. The summed E-state index contributed by atoms with van der Waals surface area (Å²) in [6, 6.07) is 20.6. The Bertz CT molecular complexity index is 1210. The number of methoxy groups -OCH3 is 1. The Morgan fingerprint density at radius 2 is 1.51 bits per heavy atom. The van der Waals surface area contributed by atoms with Crippen molar-refractivity contribution in [2.24, 2.45) is 0 Å². The van der Waals surface area contributed by atoms with Crippen molar-refractivity contribution in [1.29, 1.82) is 0 Å². The molecule has 184 valence electrons. The molecule has 35 heavy (non-hydrogen) atoms. The third-order valence-corrected chi connectivity index (χ3v) is 7.20. The van der Waals surface area contributed by atoms with Gasteiger partial charge in [-0.3, -0.25) is 0 Å². The van der Waals surface area contributed by atoms with Gasteiger partial charge in [0.1, 0.15) is 5.75 Å². The topological polar surface area (TPSA) is 44.8 Å². The van der Waals surface area contributed by atoms with Crippen LogP contribution in [0, 0.1) is 0 Å². The summed E-state index contributed by atoms with van der Waals surface area (Å²) in [4.78, 5) is 13.1. The molecule has 0 heterocycles. The molecule has 0 N–H and O–H groups in total. The highest BCUT2D eigenvalue weighted by Crippen LogP contribution is 2.47. The van der Waals surface area contributed by atoms with Crippen LogP contribution in [0.3, 0.4) is 0 Å². The zero-order valence-corrected chi connectivity index (χ0v) is 21.7. The number of esters is 1. The Hall–Kier alpha value is -3.11. The molecule has 0 aromatic heterocycles. The Balaban J connectivity index is 1.96. The van der Waals surface area contributed by atoms with Gasteiger partial charge in [-0.15, -0.1) is 0 Å². The molecular formula is C31H36O4. The van der Waals surface area contributed by atoms with Crippen LogP contribution in [0.2, 0.25) is 0 Å². The van der Waals surface area contributed by atoms with Crippen molar-refractivity contribution >= 4 is 5.97 Å². The van der Waals surface area contributed by atoms with Crippen molar-refractivity contribution in [3.8, 4) is 28.0 Å². The lowest BCUT2D eigenvalue weighted by molar-refractivity contribution is 0.0493. The van der Waals surface area contributed by atoms with Crippen LogP contribution in [0.25, 0.3) is 22.3 Å². The summed E-state index contributed by atoms with van der Waals surface area (Å²) in [5.74, 6) is 0.228. The van der Waals surface area contributed by atoms with Gasteiger partial charge in [0.25, 0.3) is 0 Å². The normalized spacial score (nSPS) is 15.8. The summed E-state index contributed by atoms with van der Waals surface area (Å²) in [7, 11) is 1.58. The Kier molecular flexibility index (Phi) is 7.05. The number of fused-ring (bicyclic) bond motifs is 1. The fourth-order valence-corrected chi connectivity index (χ4v) is 5.04. The molecule has 3 aromatic rings. The number of carbonyl (C=O) groups excluding carboxylic acids is 1. The maximum Gasteiger partial charge on any atom is 0.338 e. The molecule has 0 fully saturated rings. The first-order valence-corrected chi connectivity index (χ1v) is 12.4. The van der Waals surface area contributed by atoms with E-state index in [1.54, 1.807) is 13.2 Å². The second kappa shape index (κ2) is 9.87. The summed E-state index contributed by atoms with van der Waals surface area (Å²) in [5.41, 5.74) is 7.18. The molecule has 0 amide bonds. The second-order valence-electron chi connectivity index (χ2n) is 10.6. The van der Waals surface area contributed by atoms with Gasteiger partial charge < -0.3 is 14.2 Å². The van der Waals surface area contributed by atoms with E-state index in [1.165, 1.54) is 11.1 Å². The molecule has 1 aliphatic carbocycles. The minimum atomic E-state index is -0.360. The molecule has 0 saturated carbocycles. The van der Waals surface area contributed by atoms with Gasteiger partial charge in [-0.2, -0.15) is 0 Å². The Labute approximate surface area is 209 Å². The maximum atomic E-state index is 13.1. The summed E-state index contributed by atoms with van der Waals surface area (Å²) >= 11 is 0. The molecule has 4 rings (SSSR count). The van der Waals surface area contributed by atoms with Crippen LogP contribution in [0.15, 0.2) is 60.7 Å². The first-order chi connectivity index (χ1) is 16.7. The van der Waals surface area contributed by atoms with Crippen LogP contribution in [0.4, 0.5) is 0 Å². The molecule has 4 nitrogen and oxygen atoms in total. The van der Waals surface area contributed by atoms with E-state index in [4.69, 9.17) is 14.2 Å². The van der Waals surface area contributed by atoms with Crippen molar-refractivity contribution < 1.29 is 19.0 Å². The summed E-state index contributed by atoms with van der Waals surface area (Å²) < 4.78 is 16.5. The van der Waals surface area contributed by atoms with E-state index < -0.39 is 0 Å². The lowest BCUT2D eigenvalue weighted by atomic mass is 9.63. The van der Waals surface area contributed by atoms with E-state index in [0.717, 1.165) is 35.1 Å². The van der Waals surface area contributed by atoms with Gasteiger partial charge in [0.2, 0.25) is 0 Å². The molecule has 0 saturated heterocycles. The SMILES string of the molecule is CCOC(=O)c1cc(OCOC)c(-c2ccccc2)cc1-c1ccc2c(c1)C(C)(C)CCC2(C)C. The van der Waals surface area contributed by atoms with Crippen LogP contribution in [-0.4, -0.2) is 26.5 Å². The number of hydrogen-bond donors (Lipinski definition) is 0. The molecule has 0 atom stereocenters. The van der Waals surface area contributed by atoms with Crippen LogP contribution in [-0.2, 0) is 20.3 Å². The second-order valence-corrected chi connectivity index (χ2v) is 10.6. The predicted octanol–water partition coefficient (Wildman–Crippen LogP) is 7.53. The van der Waals surface area contributed by atoms with E-state index in [2.05, 4.69) is 52.0 Å². The number of benzene rings is 3. The molecule has 0 unspecified atom stereocenters. The first-order valence-electron chi connectivity index (χ1n) is 12.4. The van der Waals surface area contributed by atoms with E-state index in [-0.39, 0.29) is 23.6 Å². The molecule has 0 aliphatic heterocycles. The third-order valence-electron chi connectivity index (χ3n) is 7.20. The van der Waals surface area contributed by atoms with Gasteiger partial charge in [0.15, 0.2) is 6.79 Å². The number of carbonyl (C=O) groups is 1. The highest BCUT2D eigenvalue weighted by atomic mass is 16.7. The largest absolute Gasteiger partial charge is 0.467 e. The third kappa shape index (κ3) is 4.99. The average molecular weight is 473 g/mol. The van der Waals surface area contributed by atoms with Crippen molar-refractivity contribution in [3.63, 3.8) is 0 Å². The van der Waals surface area contributed by atoms with Gasteiger partial charge >= 0.3 is 5.97 Å². The quantitative estimate of drug-likeness (QED) is 0.263. The molecule has 0 spiro atoms. The van der Waals surface area contributed by atoms with E-state index in [9.17, 15) is 4.79 Å². The first kappa shape index (κ1) is 25.0. The lowest BCUT2D eigenvalue weighted by Gasteiger charge is -2.42. The van der Waals surface area contributed by atoms with E-state index >= 15 is 0 Å². The number of hydrogen-bond acceptors (Lipinski definition) is 4. The van der Waals surface area contributed by atoms with Gasteiger partial charge in [-0.05, 0) is 70.5 Å². The zero-order valence-electron chi connectivity index (χ0n) is 21.7. The van der Waals surface area contributed by atoms with Gasteiger partial charge in [0.05, 0.1) is 12.2 Å². The minimum Gasteiger partial charge on any atom is -0.467 e. The number of ether oxygens (including phenoxy) is 3. The lowest BCUT2D eigenvalue weighted by Crippen LogP contribution is -2.33. The average Bonchev–Trinajstić information content (AvgIpc) is 2.85. The fourth-order valence-electron chi connectivity index (χ4n) is 5.04. The fraction of sp³-hybridized carbons (Fsp3) is 0.387. The van der Waals surface area contributed by atoms with Crippen molar-refractivity contribution in [2.45, 2.75) is 58.3 Å². The number of rotatable bonds is 7. The maximum absolute atomic E-state index is 13.1. The monoisotopic (exact) mass is 472 g/mol. The highest BCUT2D eigenvalue weighted by Gasteiger charge is 2.37. The highest BCUT2D eigenvalue weighted by molar-refractivity contribution is 6.00. The molecule has 0 radical (unpaired) electrons. The summed E-state index contributed by atoms with van der Waals surface area (Å²) in [5, 5.41) is 0. The van der Waals surface area contributed by atoms with E-state index in [0.29, 0.717) is 17.9 Å². The van der Waals surface area contributed by atoms with Gasteiger partial charge in [-0.1, -0.05) is 76.2 Å². The Morgan fingerprint density at radius 1 is 0.829 bits per heavy atom. The zero-order chi connectivity index (χ0) is 25.2. The smallest absolute Gasteiger partial charge is 0.338 e. The van der Waals surface area contributed by atoms with Crippen molar-refractivity contribution in [2.75, 3.05) is 20.5 Å². The van der Waals surface area contributed by atoms with Crippen LogP contribution in [0.1, 0.15) is 68.9 Å². The van der Waals surface area contributed by atoms with Gasteiger partial charge in [-0.25, -0.2) is 4.79 Å². The summed E-state index contributed by atoms with van der Waals surface area (Å²) in [6.07, 6.45) is 2.28. The molecular weight excluding hydrogens is 436 g/mol. The minimum absolute atomic E-state index is 0.0642. The van der Waals surface area contributed by atoms with E-state index in [1.807, 2.05) is 37.3 Å².